The number of carbonyl (C=O) groups excluding carboxylic acids is 2. The van der Waals surface area contributed by atoms with E-state index in [0.29, 0.717) is 13.2 Å². The van der Waals surface area contributed by atoms with Crippen LogP contribution in [0.5, 0.6) is 0 Å². The molecule has 0 bridgehead atoms. The van der Waals surface area contributed by atoms with Gasteiger partial charge in [-0.3, -0.25) is 9.59 Å². The van der Waals surface area contributed by atoms with Gasteiger partial charge in [-0.05, 0) is 45.6 Å². The summed E-state index contributed by atoms with van der Waals surface area (Å²) in [5, 5.41) is 0. The van der Waals surface area contributed by atoms with Crippen molar-refractivity contribution in [2.45, 2.75) is 79.1 Å². The minimum absolute atomic E-state index is 0.209. The first-order valence-corrected chi connectivity index (χ1v) is 8.99. The van der Waals surface area contributed by atoms with Crippen LogP contribution in [0.4, 0.5) is 0 Å². The molecule has 0 rings (SSSR count). The van der Waals surface area contributed by atoms with Gasteiger partial charge in [-0.1, -0.05) is 36.5 Å². The van der Waals surface area contributed by atoms with E-state index in [1.807, 2.05) is 6.08 Å². The summed E-state index contributed by atoms with van der Waals surface area (Å²) in [6.07, 6.45) is 13.4. The molecule has 0 N–H and O–H groups in total. The third-order valence-electron chi connectivity index (χ3n) is 3.79. The van der Waals surface area contributed by atoms with Gasteiger partial charge < -0.3 is 9.47 Å². The van der Waals surface area contributed by atoms with E-state index in [4.69, 9.17) is 9.47 Å². The first-order valence-electron chi connectivity index (χ1n) is 8.99. The van der Waals surface area contributed by atoms with Crippen molar-refractivity contribution in [3.8, 4) is 0 Å². The molecule has 0 aromatic rings. The van der Waals surface area contributed by atoms with Crippen molar-refractivity contribution in [1.82, 2.24) is 0 Å². The molecule has 0 unspecified atom stereocenters. The number of hydrogen-bond donors (Lipinski definition) is 0. The Morgan fingerprint density at radius 3 is 1.96 bits per heavy atom. The van der Waals surface area contributed by atoms with Gasteiger partial charge in [0.05, 0.1) is 6.61 Å². The van der Waals surface area contributed by atoms with Crippen molar-refractivity contribution in [1.29, 1.82) is 0 Å². The number of esters is 2. The smallest absolute Gasteiger partial charge is 0.302 e. The SMILES string of the molecule is CC(=O)OCC=C(C)CCCCCCCC=C(C)CCOC(C)=O. The topological polar surface area (TPSA) is 52.6 Å². The van der Waals surface area contributed by atoms with Crippen LogP contribution in [0.15, 0.2) is 23.3 Å². The Labute approximate surface area is 147 Å². The average Bonchev–Trinajstić information content (AvgIpc) is 2.49. The Hall–Kier alpha value is -1.58. The van der Waals surface area contributed by atoms with Crippen molar-refractivity contribution in [3.05, 3.63) is 23.3 Å². The Kier molecular flexibility index (Phi) is 14.0. The van der Waals surface area contributed by atoms with Gasteiger partial charge in [0.25, 0.3) is 0 Å². The fraction of sp³-hybridized carbons (Fsp3) is 0.700. The lowest BCUT2D eigenvalue weighted by atomic mass is 10.0. The number of carbonyl (C=O) groups is 2. The molecule has 0 aliphatic carbocycles. The number of ether oxygens (including phenoxy) is 2. The Morgan fingerprint density at radius 1 is 0.708 bits per heavy atom. The van der Waals surface area contributed by atoms with Gasteiger partial charge in [-0.15, -0.1) is 0 Å². The summed E-state index contributed by atoms with van der Waals surface area (Å²) in [4.78, 5) is 21.3. The molecule has 4 nitrogen and oxygen atoms in total. The van der Waals surface area contributed by atoms with E-state index in [2.05, 4.69) is 19.9 Å². The third-order valence-corrected chi connectivity index (χ3v) is 3.79. The molecular formula is C20H34O4. The van der Waals surface area contributed by atoms with Gasteiger partial charge in [-0.25, -0.2) is 0 Å². The lowest BCUT2D eigenvalue weighted by molar-refractivity contribution is -0.141. The number of unbranched alkanes of at least 4 members (excludes halogenated alkanes) is 5. The molecule has 0 heterocycles. The van der Waals surface area contributed by atoms with Gasteiger partial charge in [0.15, 0.2) is 0 Å². The quantitative estimate of drug-likeness (QED) is 0.265. The zero-order valence-electron chi connectivity index (χ0n) is 15.9. The minimum Gasteiger partial charge on any atom is -0.466 e. The summed E-state index contributed by atoms with van der Waals surface area (Å²) >= 11 is 0. The lowest BCUT2D eigenvalue weighted by Gasteiger charge is -2.04. The fourth-order valence-electron chi connectivity index (χ4n) is 2.29. The summed E-state index contributed by atoms with van der Waals surface area (Å²) in [5.41, 5.74) is 2.59. The Bertz CT molecular complexity index is 421. The largest absolute Gasteiger partial charge is 0.466 e. The molecule has 0 spiro atoms. The van der Waals surface area contributed by atoms with Crippen LogP contribution in [0.25, 0.3) is 0 Å². The maximum atomic E-state index is 10.7. The van der Waals surface area contributed by atoms with E-state index < -0.39 is 0 Å². The molecule has 0 radical (unpaired) electrons. The van der Waals surface area contributed by atoms with Crippen LogP contribution in [0.2, 0.25) is 0 Å². The molecule has 4 heteroatoms. The van der Waals surface area contributed by atoms with Gasteiger partial charge >= 0.3 is 11.9 Å². The fourth-order valence-corrected chi connectivity index (χ4v) is 2.29. The van der Waals surface area contributed by atoms with Crippen molar-refractivity contribution in [2.75, 3.05) is 13.2 Å². The van der Waals surface area contributed by atoms with Crippen molar-refractivity contribution in [2.24, 2.45) is 0 Å². The van der Waals surface area contributed by atoms with E-state index in [1.165, 1.54) is 57.1 Å². The highest BCUT2D eigenvalue weighted by atomic mass is 16.5. The molecular weight excluding hydrogens is 304 g/mol. The van der Waals surface area contributed by atoms with Crippen LogP contribution in [0.1, 0.15) is 79.1 Å². The van der Waals surface area contributed by atoms with Gasteiger partial charge in [-0.2, -0.15) is 0 Å². The summed E-state index contributed by atoms with van der Waals surface area (Å²) in [7, 11) is 0. The second kappa shape index (κ2) is 15.0. The number of rotatable bonds is 13. The predicted octanol–water partition coefficient (Wildman–Crippen LogP) is 5.13. The Balaban J connectivity index is 3.50. The monoisotopic (exact) mass is 338 g/mol. The molecule has 0 saturated heterocycles. The van der Waals surface area contributed by atoms with Crippen LogP contribution in [-0.2, 0) is 19.1 Å². The normalized spacial score (nSPS) is 12.2. The molecule has 0 amide bonds. The summed E-state index contributed by atoms with van der Waals surface area (Å²) in [6, 6.07) is 0. The molecule has 0 aromatic carbocycles. The van der Waals surface area contributed by atoms with E-state index in [0.717, 1.165) is 19.3 Å². The second-order valence-corrected chi connectivity index (χ2v) is 6.30. The molecule has 0 fully saturated rings. The number of hydrogen-bond acceptors (Lipinski definition) is 4. The van der Waals surface area contributed by atoms with Crippen LogP contribution >= 0.6 is 0 Å². The standard InChI is InChI=1S/C20H34O4/c1-17(13-15-23-19(3)21)11-9-7-5-6-8-10-12-18(2)14-16-24-20(4)22/h11,14H,5-10,12-13,15-16H2,1-4H3. The second-order valence-electron chi connectivity index (χ2n) is 6.30. The third kappa shape index (κ3) is 16.8. The van der Waals surface area contributed by atoms with Crippen LogP contribution in [-0.4, -0.2) is 25.2 Å². The number of allylic oxidation sites excluding steroid dienone is 2. The van der Waals surface area contributed by atoms with Crippen LogP contribution in [0.3, 0.4) is 0 Å². The van der Waals surface area contributed by atoms with E-state index >= 15 is 0 Å². The maximum absolute atomic E-state index is 10.7. The Morgan fingerprint density at radius 2 is 1.29 bits per heavy atom. The zero-order chi connectivity index (χ0) is 18.2. The van der Waals surface area contributed by atoms with Crippen LogP contribution < -0.4 is 0 Å². The summed E-state index contributed by atoms with van der Waals surface area (Å²) < 4.78 is 9.83. The molecule has 138 valence electrons. The van der Waals surface area contributed by atoms with Crippen molar-refractivity contribution >= 4 is 11.9 Å². The van der Waals surface area contributed by atoms with Gasteiger partial charge in [0.2, 0.25) is 0 Å². The zero-order valence-corrected chi connectivity index (χ0v) is 15.9. The first kappa shape index (κ1) is 22.4. The molecule has 0 atom stereocenters. The van der Waals surface area contributed by atoms with Crippen LogP contribution in [0, 0.1) is 0 Å². The molecule has 0 saturated carbocycles. The highest BCUT2D eigenvalue weighted by molar-refractivity contribution is 5.66. The van der Waals surface area contributed by atoms with Gasteiger partial charge in [0.1, 0.15) is 6.61 Å². The van der Waals surface area contributed by atoms with E-state index in [1.54, 1.807) is 0 Å². The summed E-state index contributed by atoms with van der Waals surface area (Å²) in [6.45, 7) is 7.93. The van der Waals surface area contributed by atoms with Crippen molar-refractivity contribution < 1.29 is 19.1 Å². The predicted molar refractivity (Wildman–Crippen MR) is 97.7 cm³/mol. The molecule has 0 aromatic heterocycles. The highest BCUT2D eigenvalue weighted by Crippen LogP contribution is 2.12. The molecule has 0 aliphatic rings. The van der Waals surface area contributed by atoms with Gasteiger partial charge in [0, 0.05) is 20.3 Å². The van der Waals surface area contributed by atoms with Crippen molar-refractivity contribution in [3.63, 3.8) is 0 Å². The molecule has 0 aliphatic heterocycles. The first-order chi connectivity index (χ1) is 11.4. The highest BCUT2D eigenvalue weighted by Gasteiger charge is 1.96. The van der Waals surface area contributed by atoms with E-state index in [-0.39, 0.29) is 11.9 Å². The summed E-state index contributed by atoms with van der Waals surface area (Å²) in [5.74, 6) is -0.436. The lowest BCUT2D eigenvalue weighted by Crippen LogP contribution is -2.00. The molecule has 24 heavy (non-hydrogen) atoms. The van der Waals surface area contributed by atoms with E-state index in [9.17, 15) is 9.59 Å². The maximum Gasteiger partial charge on any atom is 0.302 e. The minimum atomic E-state index is -0.227. The average molecular weight is 338 g/mol.